The van der Waals surface area contributed by atoms with Crippen molar-refractivity contribution in [1.29, 1.82) is 0 Å². The molecule has 0 aromatic heterocycles. The molecule has 18 heavy (non-hydrogen) atoms. The summed E-state index contributed by atoms with van der Waals surface area (Å²) in [6.45, 7) is 4.96. The van der Waals surface area contributed by atoms with Crippen LogP contribution < -0.4 is 10.6 Å². The topological polar surface area (TPSA) is 81.7 Å². The van der Waals surface area contributed by atoms with Crippen LogP contribution in [0.25, 0.3) is 0 Å². The first-order chi connectivity index (χ1) is 8.33. The number of amides is 2. The number of likely N-dealkylation sites (tertiary alicyclic amines) is 1. The molecule has 0 spiro atoms. The van der Waals surface area contributed by atoms with Crippen molar-refractivity contribution in [3.05, 3.63) is 0 Å². The summed E-state index contributed by atoms with van der Waals surface area (Å²) in [4.78, 5) is 24.6. The van der Waals surface area contributed by atoms with Gasteiger partial charge in [-0.2, -0.15) is 0 Å². The number of likely N-dealkylation sites (N-methyl/N-ethyl adjacent to an activating group) is 1. The molecule has 0 aliphatic carbocycles. The van der Waals surface area contributed by atoms with Crippen molar-refractivity contribution in [1.82, 2.24) is 15.5 Å². The molecule has 104 valence electrons. The maximum Gasteiger partial charge on any atom is 0.314 e. The second-order valence-electron chi connectivity index (χ2n) is 5.53. The summed E-state index contributed by atoms with van der Waals surface area (Å²) >= 11 is 0. The molecule has 1 atom stereocenters. The van der Waals surface area contributed by atoms with E-state index in [1.165, 1.54) is 0 Å². The fourth-order valence-electron chi connectivity index (χ4n) is 1.89. The Morgan fingerprint density at radius 3 is 2.56 bits per heavy atom. The minimum absolute atomic E-state index is 0.120. The fourth-order valence-corrected chi connectivity index (χ4v) is 1.89. The first-order valence-corrected chi connectivity index (χ1v) is 6.28. The summed E-state index contributed by atoms with van der Waals surface area (Å²) in [7, 11) is 2.05. The molecular weight excluding hydrogens is 234 g/mol. The highest BCUT2D eigenvalue weighted by Gasteiger charge is 2.27. The zero-order chi connectivity index (χ0) is 13.8. The van der Waals surface area contributed by atoms with Crippen molar-refractivity contribution >= 4 is 12.0 Å². The van der Waals surface area contributed by atoms with Crippen LogP contribution in [0, 0.1) is 5.41 Å². The number of carbonyl (C=O) groups excluding carboxylic acids is 1. The highest BCUT2D eigenvalue weighted by molar-refractivity contribution is 5.77. The van der Waals surface area contributed by atoms with Gasteiger partial charge in [-0.15, -0.1) is 0 Å². The third-order valence-electron chi connectivity index (χ3n) is 3.44. The molecule has 6 nitrogen and oxygen atoms in total. The average Bonchev–Trinajstić information content (AvgIpc) is 2.69. The Labute approximate surface area is 108 Å². The number of carboxylic acid groups (broad SMARTS) is 1. The molecule has 0 saturated carbocycles. The lowest BCUT2D eigenvalue weighted by molar-refractivity contribution is -0.146. The summed E-state index contributed by atoms with van der Waals surface area (Å²) < 4.78 is 0. The predicted octanol–water partition coefficient (Wildman–Crippen LogP) is 0.491. The first-order valence-electron chi connectivity index (χ1n) is 6.28. The maximum atomic E-state index is 11.5. The van der Waals surface area contributed by atoms with Crippen LogP contribution in [0.15, 0.2) is 0 Å². The highest BCUT2D eigenvalue weighted by atomic mass is 16.4. The van der Waals surface area contributed by atoms with Gasteiger partial charge >= 0.3 is 12.0 Å². The Bertz CT molecular complexity index is 318. The normalized spacial score (nSPS) is 20.7. The largest absolute Gasteiger partial charge is 0.481 e. The Morgan fingerprint density at radius 1 is 1.39 bits per heavy atom. The summed E-state index contributed by atoms with van der Waals surface area (Å²) in [6.07, 6.45) is 2.26. The lowest BCUT2D eigenvalue weighted by Gasteiger charge is -2.22. The van der Waals surface area contributed by atoms with Gasteiger partial charge in [0.05, 0.1) is 5.41 Å². The van der Waals surface area contributed by atoms with Crippen molar-refractivity contribution in [3.8, 4) is 0 Å². The third-order valence-corrected chi connectivity index (χ3v) is 3.44. The van der Waals surface area contributed by atoms with Gasteiger partial charge in [0.2, 0.25) is 0 Å². The standard InChI is InChI=1S/C12H23N3O3/c1-12(2,10(16)17)8-14-11(18)13-7-9-5-4-6-15(9)3/h9H,4-8H2,1-3H3,(H,16,17)(H2,13,14,18). The lowest BCUT2D eigenvalue weighted by Crippen LogP contribution is -2.46. The molecular formula is C12H23N3O3. The maximum absolute atomic E-state index is 11.5. The van der Waals surface area contributed by atoms with Crippen LogP contribution in [0.2, 0.25) is 0 Å². The van der Waals surface area contributed by atoms with Gasteiger partial charge in [-0.1, -0.05) is 0 Å². The number of urea groups is 1. The second-order valence-corrected chi connectivity index (χ2v) is 5.53. The number of hydrogen-bond acceptors (Lipinski definition) is 3. The van der Waals surface area contributed by atoms with Crippen LogP contribution in [0.1, 0.15) is 26.7 Å². The van der Waals surface area contributed by atoms with Gasteiger partial charge in [0.1, 0.15) is 0 Å². The van der Waals surface area contributed by atoms with E-state index < -0.39 is 11.4 Å². The van der Waals surface area contributed by atoms with Gasteiger partial charge < -0.3 is 20.6 Å². The molecule has 1 fully saturated rings. The Morgan fingerprint density at radius 2 is 2.06 bits per heavy atom. The number of nitrogens with one attached hydrogen (secondary N) is 2. The first kappa shape index (κ1) is 14.8. The average molecular weight is 257 g/mol. The molecule has 0 aromatic carbocycles. The molecule has 2 amide bonds. The summed E-state index contributed by atoms with van der Waals surface area (Å²) in [5, 5.41) is 14.3. The third kappa shape index (κ3) is 4.18. The van der Waals surface area contributed by atoms with E-state index in [-0.39, 0.29) is 12.6 Å². The number of rotatable bonds is 5. The van der Waals surface area contributed by atoms with Crippen molar-refractivity contribution in [2.75, 3.05) is 26.7 Å². The number of carboxylic acids is 1. The van der Waals surface area contributed by atoms with Gasteiger partial charge in [0.15, 0.2) is 0 Å². The molecule has 1 saturated heterocycles. The molecule has 1 heterocycles. The van der Waals surface area contributed by atoms with E-state index in [1.54, 1.807) is 13.8 Å². The monoisotopic (exact) mass is 257 g/mol. The van der Waals surface area contributed by atoms with E-state index in [4.69, 9.17) is 5.11 Å². The van der Waals surface area contributed by atoms with E-state index in [1.807, 2.05) is 7.05 Å². The van der Waals surface area contributed by atoms with Gasteiger partial charge in [-0.3, -0.25) is 4.79 Å². The van der Waals surface area contributed by atoms with Crippen LogP contribution in [-0.2, 0) is 4.79 Å². The highest BCUT2D eigenvalue weighted by Crippen LogP contribution is 2.14. The van der Waals surface area contributed by atoms with Crippen LogP contribution >= 0.6 is 0 Å². The van der Waals surface area contributed by atoms with Crippen LogP contribution in [0.5, 0.6) is 0 Å². The van der Waals surface area contributed by atoms with Crippen molar-refractivity contribution in [2.45, 2.75) is 32.7 Å². The number of carbonyl (C=O) groups is 2. The zero-order valence-electron chi connectivity index (χ0n) is 11.3. The summed E-state index contributed by atoms with van der Waals surface area (Å²) in [6, 6.07) is 0.0906. The minimum atomic E-state index is -0.943. The van der Waals surface area contributed by atoms with Gasteiger partial charge in [-0.25, -0.2) is 4.79 Å². The van der Waals surface area contributed by atoms with E-state index in [2.05, 4.69) is 15.5 Å². The van der Waals surface area contributed by atoms with Crippen molar-refractivity contribution in [3.63, 3.8) is 0 Å². The Kier molecular flexibility index (Phi) is 4.95. The van der Waals surface area contributed by atoms with Gasteiger partial charge in [0, 0.05) is 19.1 Å². The van der Waals surface area contributed by atoms with Crippen LogP contribution in [0.3, 0.4) is 0 Å². The molecule has 3 N–H and O–H groups in total. The Balaban J connectivity index is 2.24. The van der Waals surface area contributed by atoms with E-state index >= 15 is 0 Å². The van der Waals surface area contributed by atoms with E-state index in [9.17, 15) is 9.59 Å². The molecule has 6 heteroatoms. The molecule has 0 aromatic rings. The van der Waals surface area contributed by atoms with Crippen LogP contribution in [0.4, 0.5) is 4.79 Å². The summed E-state index contributed by atoms with van der Waals surface area (Å²) in [5.74, 6) is -0.918. The molecule has 1 aliphatic heterocycles. The number of nitrogens with zero attached hydrogens (tertiary/aromatic N) is 1. The van der Waals surface area contributed by atoms with Gasteiger partial charge in [-0.05, 0) is 40.3 Å². The molecule has 1 rings (SSSR count). The fraction of sp³-hybridized carbons (Fsp3) is 0.833. The summed E-state index contributed by atoms with van der Waals surface area (Å²) in [5.41, 5.74) is -0.943. The van der Waals surface area contributed by atoms with Gasteiger partial charge in [0.25, 0.3) is 0 Å². The second kappa shape index (κ2) is 6.04. The van der Waals surface area contributed by atoms with E-state index in [0.29, 0.717) is 12.6 Å². The minimum Gasteiger partial charge on any atom is -0.481 e. The molecule has 0 bridgehead atoms. The quantitative estimate of drug-likeness (QED) is 0.669. The van der Waals surface area contributed by atoms with E-state index in [0.717, 1.165) is 19.4 Å². The van der Waals surface area contributed by atoms with Crippen molar-refractivity contribution in [2.24, 2.45) is 5.41 Å². The van der Waals surface area contributed by atoms with Crippen molar-refractivity contribution < 1.29 is 14.7 Å². The van der Waals surface area contributed by atoms with Crippen LogP contribution in [-0.4, -0.2) is 54.7 Å². The molecule has 0 radical (unpaired) electrons. The number of aliphatic carboxylic acids is 1. The zero-order valence-corrected chi connectivity index (χ0v) is 11.3. The lowest BCUT2D eigenvalue weighted by atomic mass is 9.94. The smallest absolute Gasteiger partial charge is 0.314 e. The predicted molar refractivity (Wildman–Crippen MR) is 68.5 cm³/mol. The number of hydrogen-bond donors (Lipinski definition) is 3. The molecule has 1 unspecified atom stereocenters. The molecule has 1 aliphatic rings. The SMILES string of the molecule is CN1CCCC1CNC(=O)NCC(C)(C)C(=O)O. The Hall–Kier alpha value is -1.30.